The van der Waals surface area contributed by atoms with Crippen LogP contribution in [0.1, 0.15) is 20.3 Å². The zero-order valence-corrected chi connectivity index (χ0v) is 7.24. The second kappa shape index (κ2) is 5.23. The molecule has 0 aromatic rings. The SMILES string of the molecule is C/C=C(/N)S/C=C(\N)CC. The highest BCUT2D eigenvalue weighted by molar-refractivity contribution is 8.05. The Balaban J connectivity index is 3.72. The van der Waals surface area contributed by atoms with Gasteiger partial charge in [-0.1, -0.05) is 24.8 Å². The number of thioether (sulfide) groups is 1. The number of rotatable bonds is 3. The fourth-order valence-corrected chi connectivity index (χ4v) is 0.885. The molecule has 4 N–H and O–H groups in total. The average Bonchev–Trinajstić information content (AvgIpc) is 1.99. The molecule has 0 bridgehead atoms. The Kier molecular flexibility index (Phi) is 4.94. The highest BCUT2D eigenvalue weighted by atomic mass is 32.2. The Morgan fingerprint density at radius 3 is 2.50 bits per heavy atom. The van der Waals surface area contributed by atoms with E-state index >= 15 is 0 Å². The summed E-state index contributed by atoms with van der Waals surface area (Å²) in [4.78, 5) is 0. The second-order valence-corrected chi connectivity index (χ2v) is 2.80. The number of hydrogen-bond donors (Lipinski definition) is 2. The van der Waals surface area contributed by atoms with Crippen LogP contribution in [0.3, 0.4) is 0 Å². The number of hydrogen-bond acceptors (Lipinski definition) is 3. The highest BCUT2D eigenvalue weighted by Crippen LogP contribution is 2.12. The molecule has 0 saturated heterocycles. The second-order valence-electron chi connectivity index (χ2n) is 1.86. The first-order valence-electron chi connectivity index (χ1n) is 3.23. The van der Waals surface area contributed by atoms with E-state index in [4.69, 9.17) is 11.5 Å². The smallest absolute Gasteiger partial charge is 0.0654 e. The average molecular weight is 158 g/mol. The summed E-state index contributed by atoms with van der Waals surface area (Å²) in [5.74, 6) is 0. The van der Waals surface area contributed by atoms with Gasteiger partial charge in [-0.3, -0.25) is 0 Å². The van der Waals surface area contributed by atoms with Crippen LogP contribution < -0.4 is 11.5 Å². The minimum Gasteiger partial charge on any atom is -0.402 e. The van der Waals surface area contributed by atoms with E-state index < -0.39 is 0 Å². The van der Waals surface area contributed by atoms with Crippen LogP contribution in [0.15, 0.2) is 22.2 Å². The van der Waals surface area contributed by atoms with Gasteiger partial charge in [0.15, 0.2) is 0 Å². The molecule has 0 aromatic heterocycles. The maximum Gasteiger partial charge on any atom is 0.0654 e. The van der Waals surface area contributed by atoms with Gasteiger partial charge in [0.25, 0.3) is 0 Å². The van der Waals surface area contributed by atoms with E-state index in [0.717, 1.165) is 17.1 Å². The van der Waals surface area contributed by atoms with Crippen LogP contribution in [-0.2, 0) is 0 Å². The van der Waals surface area contributed by atoms with Crippen LogP contribution in [0.5, 0.6) is 0 Å². The van der Waals surface area contributed by atoms with Crippen LogP contribution in [0.25, 0.3) is 0 Å². The van der Waals surface area contributed by atoms with Crippen molar-refractivity contribution in [2.45, 2.75) is 20.3 Å². The first-order chi connectivity index (χ1) is 4.70. The molecule has 0 aliphatic carbocycles. The van der Waals surface area contributed by atoms with E-state index in [1.54, 1.807) is 0 Å². The van der Waals surface area contributed by atoms with Gasteiger partial charge < -0.3 is 11.5 Å². The Hall–Kier alpha value is -0.570. The van der Waals surface area contributed by atoms with Crippen LogP contribution in [0.2, 0.25) is 0 Å². The van der Waals surface area contributed by atoms with Crippen molar-refractivity contribution < 1.29 is 0 Å². The van der Waals surface area contributed by atoms with Crippen molar-refractivity contribution in [3.8, 4) is 0 Å². The predicted octanol–water partition coefficient (Wildman–Crippen LogP) is 1.75. The molecule has 0 amide bonds. The van der Waals surface area contributed by atoms with Gasteiger partial charge in [-0.2, -0.15) is 0 Å². The van der Waals surface area contributed by atoms with Crippen molar-refractivity contribution in [2.24, 2.45) is 11.5 Å². The molecule has 0 aromatic carbocycles. The maximum atomic E-state index is 5.53. The van der Waals surface area contributed by atoms with Gasteiger partial charge in [-0.15, -0.1) is 0 Å². The van der Waals surface area contributed by atoms with Gasteiger partial charge in [0.1, 0.15) is 0 Å². The molecule has 0 atom stereocenters. The fraction of sp³-hybridized carbons (Fsp3) is 0.429. The van der Waals surface area contributed by atoms with E-state index in [2.05, 4.69) is 0 Å². The third-order valence-electron chi connectivity index (χ3n) is 1.04. The third-order valence-corrected chi connectivity index (χ3v) is 1.97. The van der Waals surface area contributed by atoms with E-state index in [-0.39, 0.29) is 0 Å². The summed E-state index contributed by atoms with van der Waals surface area (Å²) in [5.41, 5.74) is 11.9. The summed E-state index contributed by atoms with van der Waals surface area (Å²) in [5, 5.41) is 2.66. The first kappa shape index (κ1) is 9.43. The fourth-order valence-electron chi connectivity index (χ4n) is 0.295. The molecule has 0 aliphatic heterocycles. The third kappa shape index (κ3) is 4.32. The highest BCUT2D eigenvalue weighted by Gasteiger charge is 1.86. The quantitative estimate of drug-likeness (QED) is 0.658. The lowest BCUT2D eigenvalue weighted by Gasteiger charge is -1.95. The maximum absolute atomic E-state index is 5.53. The molecule has 0 rings (SSSR count). The molecule has 0 radical (unpaired) electrons. The molecule has 3 heteroatoms. The Bertz CT molecular complexity index is 150. The largest absolute Gasteiger partial charge is 0.402 e. The molecule has 58 valence electrons. The summed E-state index contributed by atoms with van der Waals surface area (Å²) in [6.07, 6.45) is 2.73. The van der Waals surface area contributed by atoms with E-state index in [1.807, 2.05) is 25.3 Å². The summed E-state index contributed by atoms with van der Waals surface area (Å²) >= 11 is 1.46. The zero-order chi connectivity index (χ0) is 7.98. The minimum absolute atomic E-state index is 0.788. The van der Waals surface area contributed by atoms with Gasteiger partial charge in [-0.25, -0.2) is 0 Å². The monoisotopic (exact) mass is 158 g/mol. The van der Waals surface area contributed by atoms with Crippen molar-refractivity contribution in [1.29, 1.82) is 0 Å². The molecule has 0 spiro atoms. The molecule has 2 nitrogen and oxygen atoms in total. The van der Waals surface area contributed by atoms with Crippen molar-refractivity contribution in [3.05, 3.63) is 22.2 Å². The lowest BCUT2D eigenvalue weighted by molar-refractivity contribution is 1.08. The van der Waals surface area contributed by atoms with Crippen LogP contribution >= 0.6 is 11.8 Å². The molecular formula is C7H14N2S. The van der Waals surface area contributed by atoms with Crippen LogP contribution in [0.4, 0.5) is 0 Å². The molecule has 0 fully saturated rings. The molecule has 0 unspecified atom stereocenters. The molecule has 10 heavy (non-hydrogen) atoms. The summed E-state index contributed by atoms with van der Waals surface area (Å²) in [6.45, 7) is 3.91. The van der Waals surface area contributed by atoms with Gasteiger partial charge in [-0.05, 0) is 18.8 Å². The van der Waals surface area contributed by atoms with Crippen LogP contribution in [-0.4, -0.2) is 0 Å². The van der Waals surface area contributed by atoms with Gasteiger partial charge in [0, 0.05) is 5.70 Å². The van der Waals surface area contributed by atoms with Crippen molar-refractivity contribution in [3.63, 3.8) is 0 Å². The Morgan fingerprint density at radius 2 is 2.10 bits per heavy atom. The van der Waals surface area contributed by atoms with E-state index in [0.29, 0.717) is 0 Å². The van der Waals surface area contributed by atoms with Gasteiger partial charge in [0.2, 0.25) is 0 Å². The summed E-state index contributed by atoms with van der Waals surface area (Å²) in [7, 11) is 0. The van der Waals surface area contributed by atoms with Crippen molar-refractivity contribution in [2.75, 3.05) is 0 Å². The number of allylic oxidation sites excluding steroid dienone is 2. The van der Waals surface area contributed by atoms with Gasteiger partial charge in [0.05, 0.1) is 5.03 Å². The summed E-state index contributed by atoms with van der Waals surface area (Å²) < 4.78 is 0. The number of nitrogens with two attached hydrogens (primary N) is 2. The van der Waals surface area contributed by atoms with Crippen molar-refractivity contribution in [1.82, 2.24) is 0 Å². The molecular weight excluding hydrogens is 144 g/mol. The lowest BCUT2D eigenvalue weighted by Crippen LogP contribution is -1.94. The predicted molar refractivity (Wildman–Crippen MR) is 48.1 cm³/mol. The first-order valence-corrected chi connectivity index (χ1v) is 4.11. The minimum atomic E-state index is 0.788. The molecule has 0 saturated carbocycles. The zero-order valence-electron chi connectivity index (χ0n) is 6.42. The topological polar surface area (TPSA) is 52.0 Å². The Labute approximate surface area is 66.4 Å². The lowest BCUT2D eigenvalue weighted by atomic mass is 10.4. The summed E-state index contributed by atoms with van der Waals surface area (Å²) in [6, 6.07) is 0. The van der Waals surface area contributed by atoms with E-state index in [9.17, 15) is 0 Å². The van der Waals surface area contributed by atoms with Gasteiger partial charge >= 0.3 is 0 Å². The molecule has 0 heterocycles. The van der Waals surface area contributed by atoms with Crippen molar-refractivity contribution >= 4 is 11.8 Å². The van der Waals surface area contributed by atoms with E-state index in [1.165, 1.54) is 11.8 Å². The normalized spacial score (nSPS) is 13.8. The standard InChI is InChI=1S/C7H14N2S/c1-3-6(8)5-10-7(9)4-2/h4-5H,3,8-9H2,1-2H3/b6-5-,7-4-. The Morgan fingerprint density at radius 1 is 1.50 bits per heavy atom. The molecule has 0 aliphatic rings. The van der Waals surface area contributed by atoms with Crippen LogP contribution in [0, 0.1) is 0 Å².